The van der Waals surface area contributed by atoms with Gasteiger partial charge in [-0.3, -0.25) is 0 Å². The van der Waals surface area contributed by atoms with Gasteiger partial charge in [-0.1, -0.05) is 39.4 Å². The molecule has 0 saturated heterocycles. The summed E-state index contributed by atoms with van der Waals surface area (Å²) in [6.07, 6.45) is 4.35. The van der Waals surface area contributed by atoms with Gasteiger partial charge in [0.05, 0.1) is 0 Å². The maximum absolute atomic E-state index is 5.15. The van der Waals surface area contributed by atoms with Crippen molar-refractivity contribution < 1.29 is 0 Å². The number of nitrogens with one attached hydrogen (secondary N) is 1. The van der Waals surface area contributed by atoms with Gasteiger partial charge >= 0.3 is 0 Å². The van der Waals surface area contributed by atoms with Crippen molar-refractivity contribution in [2.24, 2.45) is 5.92 Å². The maximum atomic E-state index is 5.15. The molecule has 84 valence electrons. The maximum Gasteiger partial charge on any atom is 0.129 e. The van der Waals surface area contributed by atoms with Crippen molar-refractivity contribution in [1.29, 1.82) is 0 Å². The van der Waals surface area contributed by atoms with Crippen LogP contribution in [0.5, 0.6) is 0 Å². The Morgan fingerprint density at radius 3 is 2.73 bits per heavy atom. The molecule has 0 fully saturated rings. The van der Waals surface area contributed by atoms with Gasteiger partial charge in [0, 0.05) is 12.1 Å². The van der Waals surface area contributed by atoms with E-state index >= 15 is 0 Å². The van der Waals surface area contributed by atoms with Crippen LogP contribution in [0, 0.1) is 10.6 Å². The summed E-state index contributed by atoms with van der Waals surface area (Å²) in [6, 6.07) is 1.97. The molecular weight excluding hydrogens is 204 g/mol. The summed E-state index contributed by atoms with van der Waals surface area (Å²) in [4.78, 5) is 7.71. The molecule has 1 rings (SSSR count). The molecule has 0 aliphatic carbocycles. The molecule has 1 N–H and O–H groups in total. The lowest BCUT2D eigenvalue weighted by Gasteiger charge is -2.06. The lowest BCUT2D eigenvalue weighted by molar-refractivity contribution is 0.572. The van der Waals surface area contributed by atoms with Gasteiger partial charge in [0.25, 0.3) is 0 Å². The van der Waals surface area contributed by atoms with Crippen LogP contribution in [0.1, 0.15) is 45.1 Å². The molecule has 0 unspecified atom stereocenters. The highest BCUT2D eigenvalue weighted by molar-refractivity contribution is 7.71. The number of aromatic amines is 1. The van der Waals surface area contributed by atoms with Crippen LogP contribution in [0.25, 0.3) is 0 Å². The van der Waals surface area contributed by atoms with Gasteiger partial charge in [0.2, 0.25) is 0 Å². The van der Waals surface area contributed by atoms with Crippen molar-refractivity contribution >= 4 is 12.2 Å². The fraction of sp³-hybridized carbons (Fsp3) is 0.667. The standard InChI is InChI=1S/C12H20N2S/c1-4-5-10-8-12(15)14-11(13-10)7-6-9(2)3/h8-9H,4-7H2,1-3H3,(H,13,14,15). The Kier molecular flexibility index (Phi) is 4.95. The average molecular weight is 224 g/mol. The number of nitrogens with zero attached hydrogens (tertiary/aromatic N) is 1. The van der Waals surface area contributed by atoms with Gasteiger partial charge in [-0.05, 0) is 24.8 Å². The minimum absolute atomic E-state index is 0.712. The van der Waals surface area contributed by atoms with Crippen LogP contribution in [-0.2, 0) is 12.8 Å². The molecule has 3 heteroatoms. The van der Waals surface area contributed by atoms with Gasteiger partial charge in [-0.2, -0.15) is 0 Å². The summed E-state index contributed by atoms with van der Waals surface area (Å²) >= 11 is 5.15. The van der Waals surface area contributed by atoms with Gasteiger partial charge in [-0.25, -0.2) is 4.98 Å². The van der Waals surface area contributed by atoms with Crippen molar-refractivity contribution in [3.05, 3.63) is 22.2 Å². The molecule has 0 aliphatic rings. The quantitative estimate of drug-likeness (QED) is 0.773. The molecule has 0 aliphatic heterocycles. The zero-order valence-electron chi connectivity index (χ0n) is 9.84. The molecule has 15 heavy (non-hydrogen) atoms. The molecule has 0 saturated carbocycles. The second-order valence-electron chi connectivity index (χ2n) is 4.37. The molecular formula is C12H20N2S. The van der Waals surface area contributed by atoms with Crippen LogP contribution in [0.3, 0.4) is 0 Å². The third kappa shape index (κ3) is 4.56. The summed E-state index contributed by atoms with van der Waals surface area (Å²) in [5, 5.41) is 0. The first-order chi connectivity index (χ1) is 7.11. The van der Waals surface area contributed by atoms with Gasteiger partial charge in [-0.15, -0.1) is 0 Å². The van der Waals surface area contributed by atoms with Crippen molar-refractivity contribution in [2.75, 3.05) is 0 Å². The Bertz CT molecular complexity index is 355. The number of aryl methyl sites for hydroxylation is 2. The third-order valence-electron chi connectivity index (χ3n) is 2.33. The predicted molar refractivity (Wildman–Crippen MR) is 66.6 cm³/mol. The van der Waals surface area contributed by atoms with E-state index in [1.165, 1.54) is 5.69 Å². The molecule has 1 heterocycles. The molecule has 0 radical (unpaired) electrons. The lowest BCUT2D eigenvalue weighted by Crippen LogP contribution is -2.02. The Morgan fingerprint density at radius 1 is 1.40 bits per heavy atom. The Labute approximate surface area is 97.1 Å². The first kappa shape index (κ1) is 12.4. The molecule has 0 bridgehead atoms. The van der Waals surface area contributed by atoms with Gasteiger partial charge in [0.15, 0.2) is 0 Å². The normalized spacial score (nSPS) is 10.9. The predicted octanol–water partition coefficient (Wildman–Crippen LogP) is 3.68. The number of rotatable bonds is 5. The number of hydrogen-bond donors (Lipinski definition) is 1. The Morgan fingerprint density at radius 2 is 2.13 bits per heavy atom. The molecule has 0 atom stereocenters. The summed E-state index contributed by atoms with van der Waals surface area (Å²) < 4.78 is 0.718. The topological polar surface area (TPSA) is 28.7 Å². The van der Waals surface area contributed by atoms with E-state index in [1.54, 1.807) is 0 Å². The van der Waals surface area contributed by atoms with Crippen LogP contribution in [0.2, 0.25) is 0 Å². The average Bonchev–Trinajstić information content (AvgIpc) is 2.14. The highest BCUT2D eigenvalue weighted by atomic mass is 32.1. The van der Waals surface area contributed by atoms with E-state index in [2.05, 4.69) is 30.7 Å². The van der Waals surface area contributed by atoms with E-state index in [9.17, 15) is 0 Å². The minimum Gasteiger partial charge on any atom is -0.347 e. The zero-order chi connectivity index (χ0) is 11.3. The third-order valence-corrected chi connectivity index (χ3v) is 2.53. The second-order valence-corrected chi connectivity index (χ2v) is 4.79. The minimum atomic E-state index is 0.712. The van der Waals surface area contributed by atoms with Crippen LogP contribution >= 0.6 is 12.2 Å². The van der Waals surface area contributed by atoms with Crippen LogP contribution in [-0.4, -0.2) is 9.97 Å². The number of aromatic nitrogens is 2. The molecule has 0 spiro atoms. The summed E-state index contributed by atoms with van der Waals surface area (Å²) in [5.74, 6) is 1.75. The second kappa shape index (κ2) is 6.01. The molecule has 0 aromatic carbocycles. The van der Waals surface area contributed by atoms with E-state index < -0.39 is 0 Å². The smallest absolute Gasteiger partial charge is 0.129 e. The van der Waals surface area contributed by atoms with Gasteiger partial charge < -0.3 is 4.98 Å². The van der Waals surface area contributed by atoms with E-state index in [1.807, 2.05) is 6.07 Å². The van der Waals surface area contributed by atoms with Crippen molar-refractivity contribution in [3.63, 3.8) is 0 Å². The van der Waals surface area contributed by atoms with Crippen LogP contribution in [0.15, 0.2) is 6.07 Å². The highest BCUT2D eigenvalue weighted by Gasteiger charge is 2.00. The largest absolute Gasteiger partial charge is 0.347 e. The molecule has 2 nitrogen and oxygen atoms in total. The summed E-state index contributed by atoms with van der Waals surface area (Å²) in [7, 11) is 0. The van der Waals surface area contributed by atoms with Crippen LogP contribution in [0.4, 0.5) is 0 Å². The van der Waals surface area contributed by atoms with E-state index in [0.29, 0.717) is 5.92 Å². The SMILES string of the molecule is CCCc1cc(=S)nc(CCC(C)C)[nH]1. The van der Waals surface area contributed by atoms with Crippen molar-refractivity contribution in [2.45, 2.75) is 46.5 Å². The molecule has 1 aromatic rings. The Balaban J connectivity index is 2.75. The van der Waals surface area contributed by atoms with Crippen molar-refractivity contribution in [1.82, 2.24) is 9.97 Å². The first-order valence-electron chi connectivity index (χ1n) is 5.71. The van der Waals surface area contributed by atoms with Crippen LogP contribution < -0.4 is 0 Å². The fourth-order valence-corrected chi connectivity index (χ4v) is 1.76. The number of H-pyrrole nitrogens is 1. The lowest BCUT2D eigenvalue weighted by atomic mass is 10.1. The number of hydrogen-bond acceptors (Lipinski definition) is 2. The van der Waals surface area contributed by atoms with E-state index in [0.717, 1.165) is 36.1 Å². The fourth-order valence-electron chi connectivity index (χ4n) is 1.51. The summed E-state index contributed by atoms with van der Waals surface area (Å²) in [6.45, 7) is 6.63. The van der Waals surface area contributed by atoms with Gasteiger partial charge in [0.1, 0.15) is 10.5 Å². The Hall–Kier alpha value is -0.700. The van der Waals surface area contributed by atoms with E-state index in [-0.39, 0.29) is 0 Å². The van der Waals surface area contributed by atoms with Crippen molar-refractivity contribution in [3.8, 4) is 0 Å². The monoisotopic (exact) mass is 224 g/mol. The molecule has 1 aromatic heterocycles. The van der Waals surface area contributed by atoms with E-state index in [4.69, 9.17) is 12.2 Å². The first-order valence-corrected chi connectivity index (χ1v) is 6.11. The summed E-state index contributed by atoms with van der Waals surface area (Å²) in [5.41, 5.74) is 1.22. The highest BCUT2D eigenvalue weighted by Crippen LogP contribution is 2.07. The zero-order valence-corrected chi connectivity index (χ0v) is 10.7. The molecule has 0 amide bonds.